The molecule has 110 valence electrons. The number of ether oxygens (including phenoxy) is 1. The number of para-hydroxylation sites is 1. The van der Waals surface area contributed by atoms with Crippen molar-refractivity contribution in [2.45, 2.75) is 37.4 Å². The van der Waals surface area contributed by atoms with Crippen LogP contribution in [0.15, 0.2) is 24.3 Å². The molecular weight excluding hydrogens is 276 g/mol. The summed E-state index contributed by atoms with van der Waals surface area (Å²) >= 11 is 0. The van der Waals surface area contributed by atoms with Gasteiger partial charge in [0.1, 0.15) is 11.3 Å². The van der Waals surface area contributed by atoms with E-state index >= 15 is 0 Å². The van der Waals surface area contributed by atoms with Crippen LogP contribution in [0.25, 0.3) is 0 Å². The molecule has 20 heavy (non-hydrogen) atoms. The monoisotopic (exact) mass is 296 g/mol. The Bertz CT molecular complexity index is 481. The van der Waals surface area contributed by atoms with Crippen LogP contribution in [0.2, 0.25) is 0 Å². The predicted octanol–water partition coefficient (Wildman–Crippen LogP) is 2.85. The first-order chi connectivity index (χ1) is 9.68. The summed E-state index contributed by atoms with van der Waals surface area (Å²) in [6.45, 7) is 0.299. The summed E-state index contributed by atoms with van der Waals surface area (Å²) in [5.74, 6) is -0.187. The molecule has 1 saturated carbocycles. The van der Waals surface area contributed by atoms with E-state index in [1.54, 1.807) is 18.2 Å². The normalized spacial score (nSPS) is 17.6. The molecule has 1 aromatic carbocycles. The molecule has 1 N–H and O–H groups in total. The van der Waals surface area contributed by atoms with Crippen molar-refractivity contribution in [2.75, 3.05) is 12.4 Å². The summed E-state index contributed by atoms with van der Waals surface area (Å²) in [4.78, 5) is 11.0. The van der Waals surface area contributed by atoms with E-state index in [0.29, 0.717) is 23.4 Å². The standard InChI is InChI=1S/C15H20O4S/c16-15(17)13-8-4-5-9-14(13)19-10-11-20(18)12-6-2-1-3-7-12/h4-5,8-9,12H,1-3,6-7,10-11H2,(H,16,17). The van der Waals surface area contributed by atoms with Gasteiger partial charge in [0, 0.05) is 16.0 Å². The van der Waals surface area contributed by atoms with Gasteiger partial charge in [0.25, 0.3) is 0 Å². The molecule has 0 radical (unpaired) electrons. The minimum atomic E-state index is -1.01. The average molecular weight is 296 g/mol. The molecule has 0 bridgehead atoms. The first kappa shape index (κ1) is 15.0. The van der Waals surface area contributed by atoms with Crippen LogP contribution in [-0.2, 0) is 10.8 Å². The number of carboxylic acids is 1. The van der Waals surface area contributed by atoms with Crippen molar-refractivity contribution >= 4 is 16.8 Å². The third kappa shape index (κ3) is 4.07. The van der Waals surface area contributed by atoms with Gasteiger partial charge in [-0.2, -0.15) is 0 Å². The summed E-state index contributed by atoms with van der Waals surface area (Å²) in [7, 11) is -0.870. The Hall–Kier alpha value is -1.36. The Labute approximate surface area is 121 Å². The van der Waals surface area contributed by atoms with Crippen molar-refractivity contribution in [3.63, 3.8) is 0 Å². The fraction of sp³-hybridized carbons (Fsp3) is 0.533. The maximum Gasteiger partial charge on any atom is 0.339 e. The topological polar surface area (TPSA) is 63.6 Å². The molecule has 1 unspecified atom stereocenters. The van der Waals surface area contributed by atoms with Gasteiger partial charge in [-0.05, 0) is 25.0 Å². The van der Waals surface area contributed by atoms with Gasteiger partial charge >= 0.3 is 5.97 Å². The lowest BCUT2D eigenvalue weighted by Crippen LogP contribution is -2.23. The van der Waals surface area contributed by atoms with Crippen molar-refractivity contribution in [2.24, 2.45) is 0 Å². The zero-order chi connectivity index (χ0) is 14.4. The molecular formula is C15H20O4S. The third-order valence-corrected chi connectivity index (χ3v) is 5.37. The Balaban J connectivity index is 1.83. The van der Waals surface area contributed by atoms with E-state index in [4.69, 9.17) is 9.84 Å². The van der Waals surface area contributed by atoms with Crippen molar-refractivity contribution < 1.29 is 18.8 Å². The second-order valence-corrected chi connectivity index (χ2v) is 6.83. The first-order valence-corrected chi connectivity index (χ1v) is 8.39. The quantitative estimate of drug-likeness (QED) is 0.876. The lowest BCUT2D eigenvalue weighted by Gasteiger charge is -2.20. The van der Waals surface area contributed by atoms with Gasteiger partial charge in [-0.1, -0.05) is 31.4 Å². The molecule has 4 nitrogen and oxygen atoms in total. The minimum Gasteiger partial charge on any atom is -0.492 e. The van der Waals surface area contributed by atoms with Crippen LogP contribution in [-0.4, -0.2) is 32.9 Å². The summed E-state index contributed by atoms with van der Waals surface area (Å²) in [5, 5.41) is 9.33. The molecule has 0 heterocycles. The number of hydrogen-bond donors (Lipinski definition) is 1. The second kappa shape index (κ2) is 7.43. The Morgan fingerprint density at radius 2 is 1.95 bits per heavy atom. The highest BCUT2D eigenvalue weighted by atomic mass is 32.2. The number of aromatic carboxylic acids is 1. The van der Waals surface area contributed by atoms with E-state index in [1.807, 2.05) is 0 Å². The van der Waals surface area contributed by atoms with Gasteiger partial charge in [-0.3, -0.25) is 4.21 Å². The number of carboxylic acid groups (broad SMARTS) is 1. The van der Waals surface area contributed by atoms with E-state index in [-0.39, 0.29) is 5.56 Å². The molecule has 0 spiro atoms. The van der Waals surface area contributed by atoms with E-state index in [0.717, 1.165) is 12.8 Å². The highest BCUT2D eigenvalue weighted by Crippen LogP contribution is 2.22. The molecule has 1 atom stereocenters. The number of carbonyl (C=O) groups is 1. The molecule has 1 aromatic rings. The Kier molecular flexibility index (Phi) is 5.59. The maximum absolute atomic E-state index is 12.1. The number of benzene rings is 1. The van der Waals surface area contributed by atoms with Crippen LogP contribution >= 0.6 is 0 Å². The van der Waals surface area contributed by atoms with E-state index in [2.05, 4.69) is 0 Å². The summed E-state index contributed by atoms with van der Waals surface area (Å²) in [6.07, 6.45) is 5.66. The molecule has 1 aliphatic rings. The third-order valence-electron chi connectivity index (χ3n) is 3.58. The summed E-state index contributed by atoms with van der Waals surface area (Å²) in [6, 6.07) is 6.54. The van der Waals surface area contributed by atoms with Crippen molar-refractivity contribution in [3.8, 4) is 5.75 Å². The van der Waals surface area contributed by atoms with Gasteiger partial charge in [0.05, 0.1) is 12.4 Å². The molecule has 1 fully saturated rings. The van der Waals surface area contributed by atoms with Crippen molar-refractivity contribution in [3.05, 3.63) is 29.8 Å². The van der Waals surface area contributed by atoms with Gasteiger partial charge in [0.15, 0.2) is 0 Å². The molecule has 2 rings (SSSR count). The zero-order valence-electron chi connectivity index (χ0n) is 11.4. The molecule has 0 amide bonds. The van der Waals surface area contributed by atoms with Gasteiger partial charge < -0.3 is 9.84 Å². The number of hydrogen-bond acceptors (Lipinski definition) is 3. The SMILES string of the molecule is O=C(O)c1ccccc1OCCS(=O)C1CCCCC1. The summed E-state index contributed by atoms with van der Waals surface area (Å²) in [5.41, 5.74) is 0.149. The van der Waals surface area contributed by atoms with Crippen LogP contribution in [0.1, 0.15) is 42.5 Å². The van der Waals surface area contributed by atoms with Gasteiger partial charge in [-0.15, -0.1) is 0 Å². The Morgan fingerprint density at radius 3 is 2.65 bits per heavy atom. The van der Waals surface area contributed by atoms with Crippen LogP contribution < -0.4 is 4.74 Å². The van der Waals surface area contributed by atoms with Crippen LogP contribution in [0.4, 0.5) is 0 Å². The minimum absolute atomic E-state index is 0.149. The Morgan fingerprint density at radius 1 is 1.25 bits per heavy atom. The van der Waals surface area contributed by atoms with E-state index in [1.165, 1.54) is 25.3 Å². The van der Waals surface area contributed by atoms with E-state index < -0.39 is 16.8 Å². The van der Waals surface area contributed by atoms with Crippen LogP contribution in [0.3, 0.4) is 0 Å². The lowest BCUT2D eigenvalue weighted by molar-refractivity contribution is 0.0692. The van der Waals surface area contributed by atoms with E-state index in [9.17, 15) is 9.00 Å². The molecule has 0 saturated heterocycles. The maximum atomic E-state index is 12.1. The fourth-order valence-electron chi connectivity index (χ4n) is 2.50. The highest BCUT2D eigenvalue weighted by Gasteiger charge is 2.19. The first-order valence-electron chi connectivity index (χ1n) is 7.01. The zero-order valence-corrected chi connectivity index (χ0v) is 12.2. The van der Waals surface area contributed by atoms with Crippen LogP contribution in [0, 0.1) is 0 Å². The van der Waals surface area contributed by atoms with Crippen LogP contribution in [0.5, 0.6) is 5.75 Å². The molecule has 0 aliphatic heterocycles. The average Bonchev–Trinajstić information content (AvgIpc) is 2.48. The number of rotatable bonds is 6. The molecule has 5 heteroatoms. The van der Waals surface area contributed by atoms with Crippen molar-refractivity contribution in [1.82, 2.24) is 0 Å². The van der Waals surface area contributed by atoms with Crippen molar-refractivity contribution in [1.29, 1.82) is 0 Å². The lowest BCUT2D eigenvalue weighted by atomic mass is 10.0. The van der Waals surface area contributed by atoms with Gasteiger partial charge in [0.2, 0.25) is 0 Å². The second-order valence-electron chi connectivity index (χ2n) is 4.99. The summed E-state index contributed by atoms with van der Waals surface area (Å²) < 4.78 is 17.6. The molecule has 1 aliphatic carbocycles. The smallest absolute Gasteiger partial charge is 0.339 e. The van der Waals surface area contributed by atoms with Gasteiger partial charge in [-0.25, -0.2) is 4.79 Å². The highest BCUT2D eigenvalue weighted by molar-refractivity contribution is 7.85. The predicted molar refractivity (Wildman–Crippen MR) is 78.8 cm³/mol. The fourth-order valence-corrected chi connectivity index (χ4v) is 3.94. The molecule has 0 aromatic heterocycles. The largest absolute Gasteiger partial charge is 0.492 e.